The third kappa shape index (κ3) is 2.34. The Hall–Kier alpha value is -1.74. The first-order chi connectivity index (χ1) is 10.7. The molecule has 1 aromatic carbocycles. The van der Waals surface area contributed by atoms with Crippen molar-refractivity contribution < 1.29 is 4.79 Å². The van der Waals surface area contributed by atoms with Gasteiger partial charge >= 0.3 is 0 Å². The van der Waals surface area contributed by atoms with E-state index in [2.05, 4.69) is 23.3 Å². The molecule has 0 unspecified atom stereocenters. The summed E-state index contributed by atoms with van der Waals surface area (Å²) < 4.78 is 0. The lowest BCUT2D eigenvalue weighted by Crippen LogP contribution is -2.41. The smallest absolute Gasteiger partial charge is 0.225 e. The van der Waals surface area contributed by atoms with Gasteiger partial charge in [0, 0.05) is 46.7 Å². The molecule has 1 N–H and O–H groups in total. The van der Waals surface area contributed by atoms with Gasteiger partial charge in [0.15, 0.2) is 0 Å². The molecule has 114 valence electrons. The van der Waals surface area contributed by atoms with E-state index in [1.807, 2.05) is 17.0 Å². The predicted octanol–water partition coefficient (Wildman–Crippen LogP) is 4.24. The molecule has 1 saturated carbocycles. The Bertz CT molecular complexity index is 758. The summed E-state index contributed by atoms with van der Waals surface area (Å²) in [5, 5.41) is 1.95. The Kier molecular flexibility index (Phi) is 3.45. The summed E-state index contributed by atoms with van der Waals surface area (Å²) in [5.41, 5.74) is 3.63. The zero-order valence-corrected chi connectivity index (χ0v) is 13.2. The Morgan fingerprint density at radius 3 is 2.86 bits per heavy atom. The molecule has 1 fully saturated rings. The third-order valence-corrected chi connectivity index (χ3v) is 5.20. The first-order valence-corrected chi connectivity index (χ1v) is 8.35. The number of hydrogen-bond donors (Lipinski definition) is 1. The van der Waals surface area contributed by atoms with Crippen molar-refractivity contribution in [2.75, 3.05) is 13.1 Å². The number of nitrogens with zero attached hydrogens (tertiary/aromatic N) is 1. The van der Waals surface area contributed by atoms with Crippen molar-refractivity contribution in [3.63, 3.8) is 0 Å². The second-order valence-corrected chi connectivity index (χ2v) is 6.72. The SMILES string of the molecule is O=C(C1CCC1)N1CC=C(c2c[nH]c3cc(Cl)ccc23)CC1. The minimum atomic E-state index is 0.296. The molecule has 1 aliphatic carbocycles. The lowest BCUT2D eigenvalue weighted by molar-refractivity contribution is -0.137. The van der Waals surface area contributed by atoms with Crippen molar-refractivity contribution in [3.8, 4) is 0 Å². The molecule has 4 heteroatoms. The van der Waals surface area contributed by atoms with Gasteiger partial charge in [-0.25, -0.2) is 0 Å². The van der Waals surface area contributed by atoms with Gasteiger partial charge in [0.2, 0.25) is 5.91 Å². The van der Waals surface area contributed by atoms with Crippen LogP contribution in [0.1, 0.15) is 31.2 Å². The summed E-state index contributed by atoms with van der Waals surface area (Å²) in [7, 11) is 0. The molecule has 1 amide bonds. The Balaban J connectivity index is 1.56. The molecule has 2 aromatic rings. The number of carbonyl (C=O) groups is 1. The van der Waals surface area contributed by atoms with E-state index in [1.165, 1.54) is 22.9 Å². The van der Waals surface area contributed by atoms with Crippen molar-refractivity contribution in [1.29, 1.82) is 0 Å². The average Bonchev–Trinajstić information content (AvgIpc) is 2.88. The van der Waals surface area contributed by atoms with Crippen LogP contribution in [0.4, 0.5) is 0 Å². The van der Waals surface area contributed by atoms with Crippen LogP contribution in [0.15, 0.2) is 30.5 Å². The highest BCUT2D eigenvalue weighted by Crippen LogP contribution is 2.33. The van der Waals surface area contributed by atoms with Crippen LogP contribution in [0.3, 0.4) is 0 Å². The maximum absolute atomic E-state index is 12.3. The van der Waals surface area contributed by atoms with Crippen molar-refractivity contribution in [3.05, 3.63) is 41.1 Å². The molecule has 1 aromatic heterocycles. The van der Waals surface area contributed by atoms with E-state index >= 15 is 0 Å². The number of benzene rings is 1. The number of aromatic amines is 1. The van der Waals surface area contributed by atoms with E-state index in [9.17, 15) is 4.79 Å². The molecule has 0 radical (unpaired) electrons. The normalized spacial score (nSPS) is 19.1. The van der Waals surface area contributed by atoms with Crippen LogP contribution in [0, 0.1) is 5.92 Å². The van der Waals surface area contributed by atoms with Crippen molar-refractivity contribution in [2.45, 2.75) is 25.7 Å². The number of amides is 1. The lowest BCUT2D eigenvalue weighted by atomic mass is 9.84. The summed E-state index contributed by atoms with van der Waals surface area (Å²) in [6.45, 7) is 1.58. The van der Waals surface area contributed by atoms with E-state index in [-0.39, 0.29) is 0 Å². The number of nitrogens with one attached hydrogen (secondary N) is 1. The molecule has 2 heterocycles. The van der Waals surface area contributed by atoms with Crippen molar-refractivity contribution in [2.24, 2.45) is 5.92 Å². The molecule has 0 saturated heterocycles. The van der Waals surface area contributed by atoms with Crippen LogP contribution < -0.4 is 0 Å². The first kappa shape index (κ1) is 13.9. The van der Waals surface area contributed by atoms with Crippen LogP contribution >= 0.6 is 11.6 Å². The number of hydrogen-bond acceptors (Lipinski definition) is 1. The zero-order chi connectivity index (χ0) is 15.1. The quantitative estimate of drug-likeness (QED) is 0.884. The van der Waals surface area contributed by atoms with Crippen LogP contribution in [-0.4, -0.2) is 28.9 Å². The molecule has 0 atom stereocenters. The maximum atomic E-state index is 12.3. The van der Waals surface area contributed by atoms with Crippen LogP contribution in [0.5, 0.6) is 0 Å². The van der Waals surface area contributed by atoms with E-state index in [1.54, 1.807) is 0 Å². The van der Waals surface area contributed by atoms with E-state index < -0.39 is 0 Å². The summed E-state index contributed by atoms with van der Waals surface area (Å²) >= 11 is 6.04. The Morgan fingerprint density at radius 1 is 1.32 bits per heavy atom. The van der Waals surface area contributed by atoms with Crippen molar-refractivity contribution in [1.82, 2.24) is 9.88 Å². The highest BCUT2D eigenvalue weighted by atomic mass is 35.5. The standard InChI is InChI=1S/C18H19ClN2O/c19-14-4-5-15-16(11-20-17(15)10-14)12-6-8-21(9-7-12)18(22)13-2-1-3-13/h4-6,10-11,13,20H,1-3,7-9H2. The lowest BCUT2D eigenvalue weighted by Gasteiger charge is -2.33. The molecule has 4 rings (SSSR count). The predicted molar refractivity (Wildman–Crippen MR) is 89.8 cm³/mol. The molecule has 3 nitrogen and oxygen atoms in total. The van der Waals surface area contributed by atoms with Gasteiger partial charge in [-0.05, 0) is 37.0 Å². The fraction of sp³-hybridized carbons (Fsp3) is 0.389. The minimum absolute atomic E-state index is 0.296. The number of aromatic nitrogens is 1. The van der Waals surface area contributed by atoms with Gasteiger partial charge in [0.25, 0.3) is 0 Å². The molecule has 2 aliphatic rings. The number of fused-ring (bicyclic) bond motifs is 1. The summed E-state index contributed by atoms with van der Waals surface area (Å²) in [5.74, 6) is 0.650. The van der Waals surface area contributed by atoms with Gasteiger partial charge in [0.05, 0.1) is 0 Å². The van der Waals surface area contributed by atoms with E-state index in [4.69, 9.17) is 11.6 Å². The van der Waals surface area contributed by atoms with Gasteiger partial charge in [-0.2, -0.15) is 0 Å². The van der Waals surface area contributed by atoms with Gasteiger partial charge in [-0.3, -0.25) is 4.79 Å². The first-order valence-electron chi connectivity index (χ1n) is 7.97. The number of rotatable bonds is 2. The molecular formula is C18H19ClN2O. The summed E-state index contributed by atoms with van der Waals surface area (Å²) in [4.78, 5) is 17.6. The Morgan fingerprint density at radius 2 is 2.18 bits per heavy atom. The summed E-state index contributed by atoms with van der Waals surface area (Å²) in [6, 6.07) is 5.95. The van der Waals surface area contributed by atoms with Gasteiger partial charge < -0.3 is 9.88 Å². The number of halogens is 1. The minimum Gasteiger partial charge on any atom is -0.361 e. The third-order valence-electron chi connectivity index (χ3n) is 4.96. The Labute approximate surface area is 134 Å². The van der Waals surface area contributed by atoms with Gasteiger partial charge in [-0.1, -0.05) is 30.2 Å². The monoisotopic (exact) mass is 314 g/mol. The fourth-order valence-corrected chi connectivity index (χ4v) is 3.56. The van der Waals surface area contributed by atoms with Gasteiger partial charge in [-0.15, -0.1) is 0 Å². The molecular weight excluding hydrogens is 296 g/mol. The van der Waals surface area contributed by atoms with E-state index in [0.717, 1.165) is 42.9 Å². The zero-order valence-electron chi connectivity index (χ0n) is 12.4. The second kappa shape index (κ2) is 5.47. The molecule has 0 bridgehead atoms. The maximum Gasteiger partial charge on any atom is 0.225 e. The summed E-state index contributed by atoms with van der Waals surface area (Å²) in [6.07, 6.45) is 8.55. The topological polar surface area (TPSA) is 36.1 Å². The molecule has 1 aliphatic heterocycles. The van der Waals surface area contributed by atoms with Crippen LogP contribution in [0.2, 0.25) is 5.02 Å². The van der Waals surface area contributed by atoms with E-state index in [0.29, 0.717) is 11.8 Å². The molecule has 22 heavy (non-hydrogen) atoms. The fourth-order valence-electron chi connectivity index (χ4n) is 3.39. The van der Waals surface area contributed by atoms with Crippen LogP contribution in [-0.2, 0) is 4.79 Å². The average molecular weight is 315 g/mol. The molecule has 0 spiro atoms. The number of carbonyl (C=O) groups excluding carboxylic acids is 1. The largest absolute Gasteiger partial charge is 0.361 e. The van der Waals surface area contributed by atoms with Crippen molar-refractivity contribution >= 4 is 34.0 Å². The van der Waals surface area contributed by atoms with Crippen LogP contribution in [0.25, 0.3) is 16.5 Å². The highest BCUT2D eigenvalue weighted by Gasteiger charge is 2.30. The number of H-pyrrole nitrogens is 1. The highest BCUT2D eigenvalue weighted by molar-refractivity contribution is 6.31. The second-order valence-electron chi connectivity index (χ2n) is 6.28. The van der Waals surface area contributed by atoms with Gasteiger partial charge in [0.1, 0.15) is 0 Å².